The van der Waals surface area contributed by atoms with E-state index in [1.54, 1.807) is 0 Å². The van der Waals surface area contributed by atoms with Crippen LogP contribution in [-0.4, -0.2) is 29.2 Å². The van der Waals surface area contributed by atoms with E-state index in [0.29, 0.717) is 0 Å². The van der Waals surface area contributed by atoms with E-state index < -0.39 is 5.60 Å². The number of carbonyl (C=O) groups is 1. The van der Waals surface area contributed by atoms with E-state index in [9.17, 15) is 4.79 Å². The average molecular weight is 279 g/mol. The number of nitrogens with zero attached hydrogens (tertiary/aromatic N) is 1. The van der Waals surface area contributed by atoms with Crippen molar-refractivity contribution in [1.29, 1.82) is 0 Å². The minimum atomic E-state index is -0.444. The van der Waals surface area contributed by atoms with Crippen molar-refractivity contribution >= 4 is 6.09 Å². The number of piperidine rings is 1. The Balaban J connectivity index is 2.80. The van der Waals surface area contributed by atoms with Gasteiger partial charge >= 0.3 is 6.09 Å². The van der Waals surface area contributed by atoms with Crippen LogP contribution in [0.15, 0.2) is 17.9 Å². The Bertz CT molecular complexity index is 375. The molecule has 0 radical (unpaired) electrons. The summed E-state index contributed by atoms with van der Waals surface area (Å²) in [6.45, 7) is 12.5. The number of hydrogen-bond acceptors (Lipinski definition) is 2. The zero-order chi connectivity index (χ0) is 15.2. The zero-order valence-corrected chi connectivity index (χ0v) is 13.5. The maximum absolute atomic E-state index is 12.4. The van der Waals surface area contributed by atoms with Crippen LogP contribution in [0.5, 0.6) is 0 Å². The Hall–Kier alpha value is -1.21. The number of amides is 1. The minimum absolute atomic E-state index is 0.127. The van der Waals surface area contributed by atoms with Gasteiger partial charge < -0.3 is 9.64 Å². The van der Waals surface area contributed by atoms with E-state index in [-0.39, 0.29) is 12.1 Å². The van der Waals surface area contributed by atoms with Crippen LogP contribution >= 0.6 is 0 Å². The Morgan fingerprint density at radius 2 is 2.10 bits per heavy atom. The van der Waals surface area contributed by atoms with Gasteiger partial charge in [0, 0.05) is 6.54 Å². The van der Waals surface area contributed by atoms with E-state index in [1.807, 2.05) is 25.7 Å². The molecule has 1 unspecified atom stereocenters. The van der Waals surface area contributed by atoms with E-state index in [2.05, 4.69) is 19.2 Å². The van der Waals surface area contributed by atoms with Gasteiger partial charge in [-0.2, -0.15) is 0 Å². The standard InChI is InChI=1S/C17H29NO2/c1-6-8-11-14(7-2)15-12-9-10-13-18(15)16(19)20-17(3,4)5/h15H,2,6,8-13H2,1,3-5H3. The average Bonchev–Trinajstić information content (AvgIpc) is 2.38. The molecule has 0 bridgehead atoms. The van der Waals surface area contributed by atoms with Crippen LogP contribution in [0.3, 0.4) is 0 Å². The summed E-state index contributed by atoms with van der Waals surface area (Å²) in [6, 6.07) is 0.127. The van der Waals surface area contributed by atoms with Gasteiger partial charge in [0.05, 0.1) is 6.04 Å². The highest BCUT2D eigenvalue weighted by atomic mass is 16.6. The van der Waals surface area contributed by atoms with Crippen molar-refractivity contribution in [2.45, 2.75) is 77.9 Å². The van der Waals surface area contributed by atoms with Crippen molar-refractivity contribution in [3.63, 3.8) is 0 Å². The van der Waals surface area contributed by atoms with Gasteiger partial charge in [0.25, 0.3) is 0 Å². The monoisotopic (exact) mass is 279 g/mol. The van der Waals surface area contributed by atoms with Gasteiger partial charge in [-0.1, -0.05) is 19.9 Å². The molecule has 1 rings (SSSR count). The number of carbonyl (C=O) groups excluding carboxylic acids is 1. The topological polar surface area (TPSA) is 29.5 Å². The quantitative estimate of drug-likeness (QED) is 0.699. The fourth-order valence-electron chi connectivity index (χ4n) is 2.57. The van der Waals surface area contributed by atoms with Gasteiger partial charge in [0.1, 0.15) is 5.60 Å². The fourth-order valence-corrected chi connectivity index (χ4v) is 2.57. The van der Waals surface area contributed by atoms with Crippen LogP contribution in [0.2, 0.25) is 0 Å². The first-order valence-electron chi connectivity index (χ1n) is 7.77. The first-order valence-corrected chi connectivity index (χ1v) is 7.77. The molecule has 1 amide bonds. The summed E-state index contributed by atoms with van der Waals surface area (Å²) in [5.74, 6) is 0. The summed E-state index contributed by atoms with van der Waals surface area (Å²) in [5.41, 5.74) is 3.79. The second kappa shape index (κ2) is 7.54. The third-order valence-corrected chi connectivity index (χ3v) is 3.56. The smallest absolute Gasteiger partial charge is 0.410 e. The molecular weight excluding hydrogens is 250 g/mol. The number of hydrogen-bond donors (Lipinski definition) is 0. The van der Waals surface area contributed by atoms with Crippen molar-refractivity contribution in [2.24, 2.45) is 0 Å². The number of rotatable bonds is 4. The molecule has 1 atom stereocenters. The molecule has 1 aliphatic heterocycles. The van der Waals surface area contributed by atoms with Crippen LogP contribution in [0.25, 0.3) is 0 Å². The van der Waals surface area contributed by atoms with E-state index in [0.717, 1.165) is 50.6 Å². The molecule has 1 fully saturated rings. The van der Waals surface area contributed by atoms with Gasteiger partial charge in [0.15, 0.2) is 0 Å². The third-order valence-electron chi connectivity index (χ3n) is 3.56. The first kappa shape index (κ1) is 16.8. The van der Waals surface area contributed by atoms with Crippen molar-refractivity contribution in [3.8, 4) is 0 Å². The molecule has 0 saturated carbocycles. The van der Waals surface area contributed by atoms with Gasteiger partial charge in [-0.15, -0.1) is 5.73 Å². The summed E-state index contributed by atoms with van der Waals surface area (Å²) in [5, 5.41) is 0. The Morgan fingerprint density at radius 3 is 2.65 bits per heavy atom. The summed E-state index contributed by atoms with van der Waals surface area (Å²) in [6.07, 6.45) is 6.24. The molecule has 3 nitrogen and oxygen atoms in total. The van der Waals surface area contributed by atoms with Crippen molar-refractivity contribution in [2.75, 3.05) is 6.54 Å². The molecule has 1 saturated heterocycles. The maximum atomic E-state index is 12.4. The number of ether oxygens (including phenoxy) is 1. The molecule has 0 spiro atoms. The molecule has 0 aromatic carbocycles. The predicted octanol–water partition coefficient (Wildman–Crippen LogP) is 4.68. The SMILES string of the molecule is C=C=C(CCCC)C1CCCCN1C(=O)OC(C)(C)C. The second-order valence-electron chi connectivity index (χ2n) is 6.49. The lowest BCUT2D eigenvalue weighted by molar-refractivity contribution is 0.0135. The Labute approximate surface area is 123 Å². The molecule has 20 heavy (non-hydrogen) atoms. The summed E-state index contributed by atoms with van der Waals surface area (Å²) < 4.78 is 5.53. The van der Waals surface area contributed by atoms with Crippen molar-refractivity contribution < 1.29 is 9.53 Å². The summed E-state index contributed by atoms with van der Waals surface area (Å²) in [7, 11) is 0. The normalized spacial score (nSPS) is 19.4. The molecular formula is C17H29NO2. The Morgan fingerprint density at radius 1 is 1.40 bits per heavy atom. The van der Waals surface area contributed by atoms with E-state index in [4.69, 9.17) is 4.74 Å². The summed E-state index contributed by atoms with van der Waals surface area (Å²) >= 11 is 0. The lowest BCUT2D eigenvalue weighted by Crippen LogP contribution is -2.46. The van der Waals surface area contributed by atoms with Gasteiger partial charge in [-0.3, -0.25) is 0 Å². The lowest BCUT2D eigenvalue weighted by Gasteiger charge is -2.37. The molecule has 1 heterocycles. The van der Waals surface area contributed by atoms with Crippen LogP contribution in [-0.2, 0) is 4.74 Å². The molecule has 0 aromatic rings. The highest BCUT2D eigenvalue weighted by Gasteiger charge is 2.32. The first-order chi connectivity index (χ1) is 9.39. The predicted molar refractivity (Wildman–Crippen MR) is 82.8 cm³/mol. The fraction of sp³-hybridized carbons (Fsp3) is 0.765. The summed E-state index contributed by atoms with van der Waals surface area (Å²) in [4.78, 5) is 14.2. The highest BCUT2D eigenvalue weighted by Crippen LogP contribution is 2.27. The largest absolute Gasteiger partial charge is 0.444 e. The molecule has 0 aromatic heterocycles. The van der Waals surface area contributed by atoms with Crippen LogP contribution in [0, 0.1) is 0 Å². The molecule has 114 valence electrons. The van der Waals surface area contributed by atoms with Crippen LogP contribution in [0.4, 0.5) is 4.79 Å². The van der Waals surface area contributed by atoms with Gasteiger partial charge in [-0.05, 0) is 58.4 Å². The molecule has 1 aliphatic rings. The van der Waals surface area contributed by atoms with E-state index in [1.165, 1.54) is 0 Å². The lowest BCUT2D eigenvalue weighted by atomic mass is 9.93. The highest BCUT2D eigenvalue weighted by molar-refractivity contribution is 5.69. The van der Waals surface area contributed by atoms with Crippen molar-refractivity contribution in [3.05, 3.63) is 17.9 Å². The second-order valence-corrected chi connectivity index (χ2v) is 6.49. The molecule has 0 aliphatic carbocycles. The minimum Gasteiger partial charge on any atom is -0.444 e. The third kappa shape index (κ3) is 5.05. The molecule has 3 heteroatoms. The van der Waals surface area contributed by atoms with Crippen LogP contribution < -0.4 is 0 Å². The number of unbranched alkanes of at least 4 members (excludes halogenated alkanes) is 1. The molecule has 0 N–H and O–H groups in total. The number of likely N-dealkylation sites (tertiary alicyclic amines) is 1. The maximum Gasteiger partial charge on any atom is 0.410 e. The van der Waals surface area contributed by atoms with Crippen LogP contribution in [0.1, 0.15) is 66.2 Å². The van der Waals surface area contributed by atoms with Gasteiger partial charge in [0.2, 0.25) is 0 Å². The van der Waals surface area contributed by atoms with E-state index >= 15 is 0 Å². The Kier molecular flexibility index (Phi) is 6.35. The van der Waals surface area contributed by atoms with Crippen molar-refractivity contribution in [1.82, 2.24) is 4.90 Å². The van der Waals surface area contributed by atoms with Gasteiger partial charge in [-0.25, -0.2) is 4.79 Å². The zero-order valence-electron chi connectivity index (χ0n) is 13.5.